The summed E-state index contributed by atoms with van der Waals surface area (Å²) in [6.45, 7) is -0.226. The second-order valence-electron chi connectivity index (χ2n) is 9.81. The number of nitrogens with zero attached hydrogens (tertiary/aromatic N) is 4. The van der Waals surface area contributed by atoms with E-state index in [0.717, 1.165) is 32.1 Å². The molecule has 1 heterocycles. The van der Waals surface area contributed by atoms with Gasteiger partial charge < -0.3 is 14.8 Å². The smallest absolute Gasteiger partial charge is 0.249 e. The molecule has 0 spiro atoms. The number of halogens is 1. The van der Waals surface area contributed by atoms with Crippen LogP contribution in [0.2, 0.25) is 0 Å². The maximum Gasteiger partial charge on any atom is 0.249 e. The fourth-order valence-electron chi connectivity index (χ4n) is 5.35. The van der Waals surface area contributed by atoms with E-state index in [0.29, 0.717) is 28.1 Å². The van der Waals surface area contributed by atoms with Gasteiger partial charge in [-0.1, -0.05) is 54.8 Å². The summed E-state index contributed by atoms with van der Waals surface area (Å²) in [7, 11) is 2.98. The molecule has 4 aromatic rings. The average Bonchev–Trinajstić information content (AvgIpc) is 3.38. The summed E-state index contributed by atoms with van der Waals surface area (Å²) < 4.78 is 27.3. The standard InChI is InChI=1S/C30H32FN5O4/c1-39-26-17-9-14-23(29(26)40-2)28(30(38)32-21-11-4-3-5-12-21)36(22-13-8-10-20(31)18-22)27(37)19-35-25-16-7-6-15-24(25)33-34-35/h6-10,13-18,21,28H,3-5,11-12,19H2,1-2H3,(H,32,38)/t28-/m0/s1. The molecule has 1 aliphatic carbocycles. The van der Waals surface area contributed by atoms with Gasteiger partial charge in [0.25, 0.3) is 0 Å². The van der Waals surface area contributed by atoms with Crippen LogP contribution in [0.15, 0.2) is 66.7 Å². The van der Waals surface area contributed by atoms with Crippen molar-refractivity contribution < 1.29 is 23.5 Å². The number of anilines is 1. The van der Waals surface area contributed by atoms with Crippen LogP contribution in [0.3, 0.4) is 0 Å². The van der Waals surface area contributed by atoms with Crippen molar-refractivity contribution in [2.24, 2.45) is 0 Å². The van der Waals surface area contributed by atoms with Gasteiger partial charge in [0.2, 0.25) is 11.8 Å². The Morgan fingerprint density at radius 1 is 1.02 bits per heavy atom. The topological polar surface area (TPSA) is 98.6 Å². The van der Waals surface area contributed by atoms with Gasteiger partial charge in [0.1, 0.15) is 23.9 Å². The molecule has 208 valence electrons. The number of methoxy groups -OCH3 is 2. The Morgan fingerprint density at radius 2 is 1.80 bits per heavy atom. The molecule has 1 fully saturated rings. The molecular formula is C30H32FN5O4. The third-order valence-corrected chi connectivity index (χ3v) is 7.25. The van der Waals surface area contributed by atoms with Gasteiger partial charge in [-0.05, 0) is 49.2 Å². The van der Waals surface area contributed by atoms with Crippen molar-refractivity contribution in [2.45, 2.75) is 50.7 Å². The number of fused-ring (bicyclic) bond motifs is 1. The molecule has 0 radical (unpaired) electrons. The van der Waals surface area contributed by atoms with Crippen molar-refractivity contribution in [3.05, 3.63) is 78.1 Å². The highest BCUT2D eigenvalue weighted by atomic mass is 19.1. The van der Waals surface area contributed by atoms with Gasteiger partial charge in [-0.15, -0.1) is 5.10 Å². The van der Waals surface area contributed by atoms with Gasteiger partial charge in [-0.25, -0.2) is 9.07 Å². The van der Waals surface area contributed by atoms with Crippen molar-refractivity contribution in [3.8, 4) is 11.5 Å². The summed E-state index contributed by atoms with van der Waals surface area (Å²) in [6, 6.07) is 16.9. The van der Waals surface area contributed by atoms with E-state index >= 15 is 0 Å². The van der Waals surface area contributed by atoms with Crippen LogP contribution in [0.5, 0.6) is 11.5 Å². The number of nitrogens with one attached hydrogen (secondary N) is 1. The van der Waals surface area contributed by atoms with Gasteiger partial charge in [-0.3, -0.25) is 14.5 Å². The molecule has 0 aliphatic heterocycles. The lowest BCUT2D eigenvalue weighted by molar-refractivity contribution is -0.127. The van der Waals surface area contributed by atoms with Crippen molar-refractivity contribution in [1.29, 1.82) is 0 Å². The summed E-state index contributed by atoms with van der Waals surface area (Å²) in [5, 5.41) is 11.5. The van der Waals surface area contributed by atoms with Crippen LogP contribution in [-0.4, -0.2) is 47.1 Å². The molecule has 1 aromatic heterocycles. The number of carbonyl (C=O) groups excluding carboxylic acids is 2. The molecule has 0 saturated heterocycles. The second-order valence-corrected chi connectivity index (χ2v) is 9.81. The van der Waals surface area contributed by atoms with Crippen LogP contribution in [0, 0.1) is 5.82 Å². The van der Waals surface area contributed by atoms with Gasteiger partial charge in [0.15, 0.2) is 11.5 Å². The van der Waals surface area contributed by atoms with Crippen molar-refractivity contribution >= 4 is 28.5 Å². The number of hydrogen-bond donors (Lipinski definition) is 1. The normalized spacial score (nSPS) is 14.5. The molecule has 0 bridgehead atoms. The molecule has 1 saturated carbocycles. The van der Waals surface area contributed by atoms with E-state index in [9.17, 15) is 14.0 Å². The zero-order chi connectivity index (χ0) is 28.1. The Bertz CT molecular complexity index is 1500. The van der Waals surface area contributed by atoms with E-state index < -0.39 is 17.8 Å². The van der Waals surface area contributed by atoms with Crippen molar-refractivity contribution in [3.63, 3.8) is 0 Å². The molecule has 3 aromatic carbocycles. The van der Waals surface area contributed by atoms with Crippen molar-refractivity contribution in [2.75, 3.05) is 19.1 Å². The van der Waals surface area contributed by atoms with E-state index in [1.165, 1.54) is 42.0 Å². The minimum atomic E-state index is -1.18. The Labute approximate surface area is 231 Å². The monoisotopic (exact) mass is 545 g/mol. The number of carbonyl (C=O) groups is 2. The summed E-state index contributed by atoms with van der Waals surface area (Å²) >= 11 is 0. The predicted molar refractivity (Wildman–Crippen MR) is 149 cm³/mol. The van der Waals surface area contributed by atoms with Gasteiger partial charge in [0.05, 0.1) is 19.7 Å². The summed E-state index contributed by atoms with van der Waals surface area (Å²) in [6.07, 6.45) is 4.87. The minimum Gasteiger partial charge on any atom is -0.493 e. The largest absolute Gasteiger partial charge is 0.493 e. The van der Waals surface area contributed by atoms with E-state index in [1.54, 1.807) is 30.3 Å². The highest BCUT2D eigenvalue weighted by molar-refractivity contribution is 6.02. The molecule has 1 aliphatic rings. The third-order valence-electron chi connectivity index (χ3n) is 7.25. The van der Waals surface area contributed by atoms with E-state index in [2.05, 4.69) is 15.6 Å². The Hall–Kier alpha value is -4.47. The SMILES string of the molecule is COc1cccc([C@@H](C(=O)NC2CCCCC2)N(C(=O)Cn2nnc3ccccc32)c2cccc(F)c2)c1OC. The van der Waals surface area contributed by atoms with Gasteiger partial charge in [-0.2, -0.15) is 0 Å². The number of hydrogen-bond acceptors (Lipinski definition) is 6. The molecular weight excluding hydrogens is 513 g/mol. The lowest BCUT2D eigenvalue weighted by Gasteiger charge is -2.34. The number of amides is 2. The molecule has 5 rings (SSSR count). The Kier molecular flexibility index (Phi) is 8.23. The fourth-order valence-corrected chi connectivity index (χ4v) is 5.35. The summed E-state index contributed by atoms with van der Waals surface area (Å²) in [4.78, 5) is 29.7. The summed E-state index contributed by atoms with van der Waals surface area (Å²) in [5.41, 5.74) is 1.94. The van der Waals surface area contributed by atoms with Crippen molar-refractivity contribution in [1.82, 2.24) is 20.3 Å². The Morgan fingerprint density at radius 3 is 2.55 bits per heavy atom. The van der Waals surface area contributed by atoms with Crippen LogP contribution in [-0.2, 0) is 16.1 Å². The zero-order valence-electron chi connectivity index (χ0n) is 22.5. The first kappa shape index (κ1) is 27.1. The molecule has 1 atom stereocenters. The van der Waals surface area contributed by atoms with Crippen LogP contribution in [0.4, 0.5) is 10.1 Å². The van der Waals surface area contributed by atoms with E-state index in [-0.39, 0.29) is 24.2 Å². The molecule has 2 amide bonds. The van der Waals surface area contributed by atoms with E-state index in [1.807, 2.05) is 18.2 Å². The number of para-hydroxylation sites is 2. The van der Waals surface area contributed by atoms with Crippen LogP contribution in [0.1, 0.15) is 43.7 Å². The third kappa shape index (κ3) is 5.61. The predicted octanol–water partition coefficient (Wildman–Crippen LogP) is 4.81. The minimum absolute atomic E-state index is 0.0240. The molecule has 9 nitrogen and oxygen atoms in total. The first-order valence-electron chi connectivity index (χ1n) is 13.4. The number of rotatable bonds is 9. The maximum atomic E-state index is 14.6. The van der Waals surface area contributed by atoms with Crippen LogP contribution >= 0.6 is 0 Å². The highest BCUT2D eigenvalue weighted by Crippen LogP contribution is 2.39. The van der Waals surface area contributed by atoms with Gasteiger partial charge >= 0.3 is 0 Å². The lowest BCUT2D eigenvalue weighted by Crippen LogP contribution is -2.48. The summed E-state index contributed by atoms with van der Waals surface area (Å²) in [5.74, 6) is -0.682. The van der Waals surface area contributed by atoms with Gasteiger partial charge in [0, 0.05) is 17.3 Å². The van der Waals surface area contributed by atoms with Crippen LogP contribution < -0.4 is 19.7 Å². The number of benzene rings is 3. The lowest BCUT2D eigenvalue weighted by atomic mass is 9.94. The van der Waals surface area contributed by atoms with Crippen LogP contribution in [0.25, 0.3) is 11.0 Å². The average molecular weight is 546 g/mol. The maximum absolute atomic E-state index is 14.6. The number of aromatic nitrogens is 3. The first-order valence-corrected chi connectivity index (χ1v) is 13.4. The quantitative estimate of drug-likeness (QED) is 0.324. The molecule has 40 heavy (non-hydrogen) atoms. The molecule has 10 heteroatoms. The molecule has 1 N–H and O–H groups in total. The second kappa shape index (κ2) is 12.1. The number of ether oxygens (including phenoxy) is 2. The zero-order valence-corrected chi connectivity index (χ0v) is 22.5. The highest BCUT2D eigenvalue weighted by Gasteiger charge is 2.37. The van der Waals surface area contributed by atoms with E-state index in [4.69, 9.17) is 9.47 Å². The first-order chi connectivity index (χ1) is 19.5. The fraction of sp³-hybridized carbons (Fsp3) is 0.333. The Balaban J connectivity index is 1.63. The molecule has 0 unspecified atom stereocenters.